The van der Waals surface area contributed by atoms with Gasteiger partial charge in [0.15, 0.2) is 11.5 Å². The number of rotatable bonds is 4. The molecule has 5 rings (SSSR count). The van der Waals surface area contributed by atoms with Crippen LogP contribution in [0.5, 0.6) is 5.75 Å². The molecule has 0 unspecified atom stereocenters. The van der Waals surface area contributed by atoms with Crippen molar-refractivity contribution in [2.75, 3.05) is 20.2 Å². The average Bonchev–Trinajstić information content (AvgIpc) is 3.17. The van der Waals surface area contributed by atoms with E-state index in [9.17, 15) is 9.59 Å². The Balaban J connectivity index is 1.38. The predicted octanol–water partition coefficient (Wildman–Crippen LogP) is 4.77. The fourth-order valence-corrected chi connectivity index (χ4v) is 4.26. The Morgan fingerprint density at radius 3 is 2.67 bits per heavy atom. The van der Waals surface area contributed by atoms with E-state index in [-0.39, 0.29) is 6.03 Å². The standard InChI is InChI=1S/C27H24ClN5O3/c1-31-25-23(17-29-24(30-25)20-4-3-5-22(16-20)36-2)33(26(31)34)27(35)32-14-12-19(13-15-32)7-6-18-8-10-21(28)11-9-18/h3-12,16-17H,13-15H2,1-2H3/b7-6+. The van der Waals surface area contributed by atoms with Gasteiger partial charge in [0, 0.05) is 30.7 Å². The van der Waals surface area contributed by atoms with Gasteiger partial charge in [-0.2, -0.15) is 0 Å². The molecule has 3 heterocycles. The molecule has 2 aromatic carbocycles. The van der Waals surface area contributed by atoms with E-state index < -0.39 is 5.69 Å². The van der Waals surface area contributed by atoms with Crippen molar-refractivity contribution in [1.82, 2.24) is 24.0 Å². The fourth-order valence-electron chi connectivity index (χ4n) is 4.13. The van der Waals surface area contributed by atoms with Crippen molar-refractivity contribution < 1.29 is 9.53 Å². The second-order valence-electron chi connectivity index (χ2n) is 8.45. The molecule has 0 spiro atoms. The number of aryl methyl sites for hydroxylation is 1. The first-order valence-corrected chi connectivity index (χ1v) is 11.8. The van der Waals surface area contributed by atoms with Crippen LogP contribution >= 0.6 is 11.6 Å². The third-order valence-corrected chi connectivity index (χ3v) is 6.43. The molecule has 36 heavy (non-hydrogen) atoms. The number of hydrogen-bond acceptors (Lipinski definition) is 5. The monoisotopic (exact) mass is 501 g/mol. The van der Waals surface area contributed by atoms with Gasteiger partial charge in [0.1, 0.15) is 11.3 Å². The largest absolute Gasteiger partial charge is 0.497 e. The van der Waals surface area contributed by atoms with Crippen molar-refractivity contribution in [2.45, 2.75) is 6.42 Å². The predicted molar refractivity (Wildman–Crippen MR) is 140 cm³/mol. The second-order valence-corrected chi connectivity index (χ2v) is 8.89. The maximum Gasteiger partial charge on any atom is 0.338 e. The van der Waals surface area contributed by atoms with Crippen LogP contribution in [-0.4, -0.2) is 50.2 Å². The van der Waals surface area contributed by atoms with Crippen molar-refractivity contribution >= 4 is 34.9 Å². The van der Waals surface area contributed by atoms with Crippen LogP contribution in [0.15, 0.2) is 77.2 Å². The van der Waals surface area contributed by atoms with Gasteiger partial charge in [-0.05, 0) is 41.8 Å². The Bertz CT molecular complexity index is 1570. The molecule has 0 N–H and O–H groups in total. The van der Waals surface area contributed by atoms with Gasteiger partial charge < -0.3 is 9.64 Å². The molecular formula is C27H24ClN5O3. The van der Waals surface area contributed by atoms with Crippen LogP contribution < -0.4 is 10.4 Å². The van der Waals surface area contributed by atoms with E-state index in [1.807, 2.05) is 66.8 Å². The summed E-state index contributed by atoms with van der Waals surface area (Å²) in [7, 11) is 3.19. The van der Waals surface area contributed by atoms with E-state index in [1.54, 1.807) is 19.1 Å². The molecule has 1 aliphatic heterocycles. The Morgan fingerprint density at radius 1 is 1.14 bits per heavy atom. The third-order valence-electron chi connectivity index (χ3n) is 6.18. The van der Waals surface area contributed by atoms with E-state index >= 15 is 0 Å². The molecule has 0 saturated carbocycles. The van der Waals surface area contributed by atoms with E-state index in [4.69, 9.17) is 16.3 Å². The average molecular weight is 502 g/mol. The molecule has 2 aromatic heterocycles. The summed E-state index contributed by atoms with van der Waals surface area (Å²) in [6.45, 7) is 0.909. The summed E-state index contributed by atoms with van der Waals surface area (Å²) in [5.41, 5.74) is 3.24. The highest BCUT2D eigenvalue weighted by Crippen LogP contribution is 2.23. The van der Waals surface area contributed by atoms with Crippen molar-refractivity contribution in [1.29, 1.82) is 0 Å². The molecule has 0 aliphatic carbocycles. The van der Waals surface area contributed by atoms with Gasteiger partial charge in [-0.15, -0.1) is 0 Å². The summed E-state index contributed by atoms with van der Waals surface area (Å²) in [4.78, 5) is 37.0. The molecule has 0 fully saturated rings. The van der Waals surface area contributed by atoms with Gasteiger partial charge >= 0.3 is 11.7 Å². The minimum absolute atomic E-state index is 0.372. The zero-order chi connectivity index (χ0) is 25.2. The van der Waals surface area contributed by atoms with E-state index in [0.29, 0.717) is 47.3 Å². The number of amides is 1. The molecule has 0 saturated heterocycles. The molecule has 0 atom stereocenters. The highest BCUT2D eigenvalue weighted by atomic mass is 35.5. The molecule has 0 radical (unpaired) electrons. The summed E-state index contributed by atoms with van der Waals surface area (Å²) < 4.78 is 7.80. The Labute approximate surface area is 212 Å². The van der Waals surface area contributed by atoms with Crippen molar-refractivity contribution in [3.8, 4) is 17.1 Å². The second kappa shape index (κ2) is 9.83. The van der Waals surface area contributed by atoms with Crippen molar-refractivity contribution in [3.63, 3.8) is 0 Å². The van der Waals surface area contributed by atoms with Crippen LogP contribution in [0.1, 0.15) is 12.0 Å². The fraction of sp³-hybridized carbons (Fsp3) is 0.185. The van der Waals surface area contributed by atoms with Crippen LogP contribution in [0.3, 0.4) is 0 Å². The molecule has 9 heteroatoms. The van der Waals surface area contributed by atoms with Gasteiger partial charge in [-0.25, -0.2) is 24.1 Å². The lowest BCUT2D eigenvalue weighted by Gasteiger charge is -2.25. The lowest BCUT2D eigenvalue weighted by atomic mass is 10.1. The molecule has 4 aromatic rings. The van der Waals surface area contributed by atoms with Gasteiger partial charge in [0.25, 0.3) is 0 Å². The van der Waals surface area contributed by atoms with Gasteiger partial charge in [0.05, 0.1) is 13.3 Å². The van der Waals surface area contributed by atoms with E-state index in [1.165, 1.54) is 10.8 Å². The quantitative estimate of drug-likeness (QED) is 0.402. The maximum absolute atomic E-state index is 13.3. The molecule has 182 valence electrons. The molecule has 1 aliphatic rings. The van der Waals surface area contributed by atoms with Crippen LogP contribution in [0.25, 0.3) is 28.6 Å². The molecule has 8 nitrogen and oxygen atoms in total. The lowest BCUT2D eigenvalue weighted by molar-refractivity contribution is 0.203. The number of aromatic nitrogens is 4. The maximum atomic E-state index is 13.3. The van der Waals surface area contributed by atoms with Crippen LogP contribution in [-0.2, 0) is 7.05 Å². The number of benzene rings is 2. The summed E-state index contributed by atoms with van der Waals surface area (Å²) in [5, 5.41) is 0.698. The first-order chi connectivity index (χ1) is 17.4. The van der Waals surface area contributed by atoms with Gasteiger partial charge in [-0.3, -0.25) is 4.57 Å². The first kappa shape index (κ1) is 23.6. The Kier molecular flexibility index (Phi) is 6.43. The number of nitrogens with zero attached hydrogens (tertiary/aromatic N) is 5. The summed E-state index contributed by atoms with van der Waals surface area (Å²) in [6.07, 6.45) is 8.28. The third kappa shape index (κ3) is 4.55. The minimum Gasteiger partial charge on any atom is -0.497 e. The number of carbonyl (C=O) groups is 1. The number of hydrogen-bond donors (Lipinski definition) is 0. The smallest absolute Gasteiger partial charge is 0.338 e. The molecular weight excluding hydrogens is 478 g/mol. The minimum atomic E-state index is -0.454. The zero-order valence-corrected chi connectivity index (χ0v) is 20.6. The number of allylic oxidation sites excluding steroid dienone is 1. The number of methoxy groups -OCH3 is 1. The Hall–Kier alpha value is -4.17. The Morgan fingerprint density at radius 2 is 1.94 bits per heavy atom. The number of fused-ring (bicyclic) bond motifs is 1. The summed E-state index contributed by atoms with van der Waals surface area (Å²) in [6, 6.07) is 14.6. The number of imidazole rings is 1. The van der Waals surface area contributed by atoms with Gasteiger partial charge in [-0.1, -0.05) is 54.1 Å². The van der Waals surface area contributed by atoms with Crippen molar-refractivity contribution in [2.24, 2.45) is 7.05 Å². The van der Waals surface area contributed by atoms with Gasteiger partial charge in [0.2, 0.25) is 0 Å². The molecule has 1 amide bonds. The van der Waals surface area contributed by atoms with Crippen LogP contribution in [0.2, 0.25) is 5.02 Å². The number of halogens is 1. The summed E-state index contributed by atoms with van der Waals surface area (Å²) in [5.74, 6) is 1.12. The van der Waals surface area contributed by atoms with E-state index in [2.05, 4.69) is 9.97 Å². The van der Waals surface area contributed by atoms with E-state index in [0.717, 1.165) is 21.3 Å². The highest BCUT2D eigenvalue weighted by Gasteiger charge is 2.24. The normalized spacial score (nSPS) is 13.9. The number of ether oxygens (including phenoxy) is 1. The first-order valence-electron chi connectivity index (χ1n) is 11.5. The number of carbonyl (C=O) groups excluding carboxylic acids is 1. The molecule has 0 bridgehead atoms. The lowest BCUT2D eigenvalue weighted by Crippen LogP contribution is -2.42. The zero-order valence-electron chi connectivity index (χ0n) is 19.9. The highest BCUT2D eigenvalue weighted by molar-refractivity contribution is 6.30. The van der Waals surface area contributed by atoms with Crippen LogP contribution in [0.4, 0.5) is 4.79 Å². The van der Waals surface area contributed by atoms with Crippen LogP contribution in [0, 0.1) is 0 Å². The van der Waals surface area contributed by atoms with Crippen molar-refractivity contribution in [3.05, 3.63) is 93.5 Å². The summed E-state index contributed by atoms with van der Waals surface area (Å²) >= 11 is 5.94. The topological polar surface area (TPSA) is 82.2 Å². The SMILES string of the molecule is COc1cccc(-c2ncc3c(n2)n(C)c(=O)n3C(=O)N2CC=C(/C=C/c3ccc(Cl)cc3)CC2)c1.